The molecule has 0 spiro atoms. The van der Waals surface area contributed by atoms with Crippen molar-refractivity contribution in [2.24, 2.45) is 0 Å². The van der Waals surface area contributed by atoms with Gasteiger partial charge in [0.25, 0.3) is 0 Å². The van der Waals surface area contributed by atoms with Crippen molar-refractivity contribution < 1.29 is 4.74 Å². The number of benzene rings is 6. The molecule has 0 atom stereocenters. The quantitative estimate of drug-likeness (QED) is 0.164. The molecule has 0 radical (unpaired) electrons. The summed E-state index contributed by atoms with van der Waals surface area (Å²) >= 11 is 1.69. The molecule has 0 unspecified atom stereocenters. The number of ether oxygens (including phenoxy) is 1. The molecule has 0 saturated heterocycles. The first-order valence-electron chi connectivity index (χ1n) is 17.0. The summed E-state index contributed by atoms with van der Waals surface area (Å²) in [6, 6.07) is 48.6. The second-order valence-corrected chi connectivity index (χ2v) is 19.7. The second kappa shape index (κ2) is 12.3. The largest absolute Gasteiger partial charge is 0.457 e. The van der Waals surface area contributed by atoms with Gasteiger partial charge in [-0.2, -0.15) is 10.5 Å². The molecule has 50 heavy (non-hydrogen) atoms. The molecule has 6 heteroatoms. The maximum Gasteiger partial charge on any atom is 0.128 e. The number of thiophene rings is 1. The Bertz CT molecular complexity index is 2430. The lowest BCUT2D eigenvalue weighted by atomic mass is 9.93. The fourth-order valence-electron chi connectivity index (χ4n) is 8.42. The second-order valence-electron chi connectivity index (χ2n) is 13.5. The van der Waals surface area contributed by atoms with Gasteiger partial charge in [0.15, 0.2) is 0 Å². The summed E-state index contributed by atoms with van der Waals surface area (Å²) in [6.45, 7) is 9.62. The van der Waals surface area contributed by atoms with Crippen LogP contribution in [0.25, 0.3) is 31.3 Å². The molecule has 0 amide bonds. The molecule has 0 bridgehead atoms. The summed E-state index contributed by atoms with van der Waals surface area (Å²) in [7, 11) is -2.23. The van der Waals surface area contributed by atoms with Crippen LogP contribution in [-0.4, -0.2) is 8.07 Å². The Morgan fingerprint density at radius 1 is 0.620 bits per heavy atom. The smallest absolute Gasteiger partial charge is 0.128 e. The molecule has 0 N–H and O–H groups in total. The average molecular weight is 682 g/mol. The number of hydrogen-bond donors (Lipinski definition) is 0. The van der Waals surface area contributed by atoms with Crippen molar-refractivity contribution in [3.63, 3.8) is 0 Å². The third-order valence-electron chi connectivity index (χ3n) is 10.4. The van der Waals surface area contributed by atoms with Crippen molar-refractivity contribution in [2.75, 3.05) is 4.90 Å². The minimum atomic E-state index is -2.23. The monoisotopic (exact) mass is 681 g/mol. The van der Waals surface area contributed by atoms with Crippen molar-refractivity contribution >= 4 is 67.0 Å². The molecule has 8 rings (SSSR count). The topological polar surface area (TPSA) is 60.0 Å². The predicted octanol–water partition coefficient (Wildman–Crippen LogP) is 11.4. The van der Waals surface area contributed by atoms with E-state index in [-0.39, 0.29) is 0 Å². The van der Waals surface area contributed by atoms with Crippen LogP contribution in [0.5, 0.6) is 11.5 Å². The highest BCUT2D eigenvalue weighted by Crippen LogP contribution is 2.52. The van der Waals surface area contributed by atoms with Gasteiger partial charge in [0, 0.05) is 42.7 Å². The third kappa shape index (κ3) is 4.68. The van der Waals surface area contributed by atoms with E-state index < -0.39 is 8.07 Å². The Hall–Kier alpha value is -5.66. The Morgan fingerprint density at radius 3 is 1.82 bits per heavy atom. The van der Waals surface area contributed by atoms with Gasteiger partial charge in [-0.1, -0.05) is 94.4 Å². The molecule has 6 aromatic carbocycles. The summed E-state index contributed by atoms with van der Waals surface area (Å²) in [5.74, 6) is 1.52. The summed E-state index contributed by atoms with van der Waals surface area (Å²) in [5.41, 5.74) is 7.02. The van der Waals surface area contributed by atoms with E-state index in [9.17, 15) is 10.5 Å². The van der Waals surface area contributed by atoms with Crippen LogP contribution in [0, 0.1) is 22.7 Å². The first-order valence-corrected chi connectivity index (χ1v) is 20.0. The van der Waals surface area contributed by atoms with Gasteiger partial charge in [-0.05, 0) is 82.1 Å². The Morgan fingerprint density at radius 2 is 1.22 bits per heavy atom. The first kappa shape index (κ1) is 31.6. The number of nitrogens with zero attached hydrogens (tertiary/aromatic N) is 3. The lowest BCUT2D eigenvalue weighted by molar-refractivity contribution is 0.483. The Balaban J connectivity index is 1.48. The molecule has 0 fully saturated rings. The van der Waals surface area contributed by atoms with Crippen LogP contribution in [0.4, 0.5) is 17.1 Å². The molecular formula is C44H35N3OSSi. The Labute approximate surface area is 298 Å². The SMILES string of the molecule is CC(C)[Si]1(C(C)C)c2ccccc2N(c2ccc(-c3c(C#N)cccc3C#N)c3sc4ccc(Oc5ccccc5)cc4c23)c2ccccc21. The fraction of sp³-hybridized carbons (Fsp3) is 0.136. The van der Waals surface area contributed by atoms with Crippen molar-refractivity contribution in [1.29, 1.82) is 10.5 Å². The van der Waals surface area contributed by atoms with Crippen LogP contribution in [0.1, 0.15) is 38.8 Å². The van der Waals surface area contributed by atoms with E-state index in [4.69, 9.17) is 4.74 Å². The van der Waals surface area contributed by atoms with Crippen molar-refractivity contribution in [1.82, 2.24) is 0 Å². The van der Waals surface area contributed by atoms with Gasteiger partial charge in [-0.3, -0.25) is 0 Å². The Kier molecular flexibility index (Phi) is 7.80. The molecular weight excluding hydrogens is 647 g/mol. The van der Waals surface area contributed by atoms with Crippen molar-refractivity contribution in [3.8, 4) is 34.8 Å². The van der Waals surface area contributed by atoms with Gasteiger partial charge in [0.05, 0.1) is 29.0 Å². The van der Waals surface area contributed by atoms with Gasteiger partial charge in [-0.25, -0.2) is 0 Å². The van der Waals surface area contributed by atoms with E-state index in [0.717, 1.165) is 42.9 Å². The van der Waals surface area contributed by atoms with Gasteiger partial charge < -0.3 is 9.64 Å². The minimum Gasteiger partial charge on any atom is -0.457 e. The predicted molar refractivity (Wildman–Crippen MR) is 211 cm³/mol. The van der Waals surface area contributed by atoms with Crippen LogP contribution in [0.3, 0.4) is 0 Å². The zero-order valence-corrected chi connectivity index (χ0v) is 30.3. The number of fused-ring (bicyclic) bond motifs is 5. The van der Waals surface area contributed by atoms with Crippen LogP contribution in [-0.2, 0) is 0 Å². The zero-order chi connectivity index (χ0) is 34.6. The minimum absolute atomic E-state index is 0.487. The summed E-state index contributed by atoms with van der Waals surface area (Å²) in [6.07, 6.45) is 0. The highest BCUT2D eigenvalue weighted by molar-refractivity contribution is 7.26. The maximum absolute atomic E-state index is 10.2. The first-order chi connectivity index (χ1) is 24.4. The molecule has 0 aliphatic carbocycles. The van der Waals surface area contributed by atoms with E-state index in [1.54, 1.807) is 29.5 Å². The average Bonchev–Trinajstić information content (AvgIpc) is 3.52. The van der Waals surface area contributed by atoms with Gasteiger partial charge in [0.2, 0.25) is 0 Å². The zero-order valence-electron chi connectivity index (χ0n) is 28.4. The standard InChI is InChI=1S/C44H35N3OSSi/c1-28(2)50(29(3)4)40-19-10-8-17-36(40)47(37-18-9-11-20-41(37)50)38-23-22-34(42-30(26-45)13-12-14-31(42)27-46)44-43(38)35-25-33(21-24-39(35)49-44)48-32-15-6-5-7-16-32/h5-25,28-29H,1-4H3. The molecule has 7 aromatic rings. The number of rotatable bonds is 6. The van der Waals surface area contributed by atoms with Crippen LogP contribution in [0.2, 0.25) is 11.1 Å². The number of anilines is 3. The van der Waals surface area contributed by atoms with Gasteiger partial charge >= 0.3 is 0 Å². The van der Waals surface area contributed by atoms with Gasteiger partial charge in [-0.15, -0.1) is 11.3 Å². The van der Waals surface area contributed by atoms with E-state index >= 15 is 0 Å². The summed E-state index contributed by atoms with van der Waals surface area (Å²) in [5, 5.41) is 25.5. The van der Waals surface area contributed by atoms with Crippen LogP contribution >= 0.6 is 11.3 Å². The number of nitriles is 2. The van der Waals surface area contributed by atoms with E-state index in [2.05, 4.69) is 118 Å². The van der Waals surface area contributed by atoms with Crippen LogP contribution in [0.15, 0.2) is 127 Å². The molecule has 242 valence electrons. The molecule has 1 aliphatic heterocycles. The third-order valence-corrected chi connectivity index (χ3v) is 17.8. The number of hydrogen-bond acceptors (Lipinski definition) is 5. The fourth-order valence-corrected chi connectivity index (χ4v) is 15.7. The van der Waals surface area contributed by atoms with Crippen molar-refractivity contribution in [3.05, 3.63) is 139 Å². The summed E-state index contributed by atoms with van der Waals surface area (Å²) in [4.78, 5) is 2.46. The molecule has 4 nitrogen and oxygen atoms in total. The maximum atomic E-state index is 10.2. The molecule has 0 saturated carbocycles. The van der Waals surface area contributed by atoms with E-state index in [0.29, 0.717) is 27.8 Å². The van der Waals surface area contributed by atoms with Crippen molar-refractivity contribution in [2.45, 2.75) is 38.8 Å². The van der Waals surface area contributed by atoms with Crippen LogP contribution < -0.4 is 20.0 Å². The van der Waals surface area contributed by atoms with E-state index in [1.165, 1.54) is 21.7 Å². The highest BCUT2D eigenvalue weighted by Gasteiger charge is 2.50. The molecule has 2 heterocycles. The van der Waals surface area contributed by atoms with E-state index in [1.807, 2.05) is 36.4 Å². The number of para-hydroxylation sites is 3. The molecule has 1 aromatic heterocycles. The summed E-state index contributed by atoms with van der Waals surface area (Å²) < 4.78 is 8.52. The highest BCUT2D eigenvalue weighted by atomic mass is 32.1. The lowest BCUT2D eigenvalue weighted by Gasteiger charge is -2.49. The lowest BCUT2D eigenvalue weighted by Crippen LogP contribution is -2.66. The van der Waals surface area contributed by atoms with Gasteiger partial charge in [0.1, 0.15) is 19.6 Å². The molecule has 1 aliphatic rings. The normalized spacial score (nSPS) is 13.2.